The Hall–Kier alpha value is -2.31. The largest absolute Gasteiger partial charge is 0.383 e. The molecule has 1 amide bonds. The summed E-state index contributed by atoms with van der Waals surface area (Å²) in [4.78, 5) is 22.7. The van der Waals surface area contributed by atoms with Crippen LogP contribution in [0.1, 0.15) is 15.9 Å². The number of nitro groups is 1. The van der Waals surface area contributed by atoms with Crippen molar-refractivity contribution in [2.45, 2.75) is 6.92 Å². The number of nitrogens with zero attached hydrogens (tertiary/aromatic N) is 1. The number of rotatable bonds is 4. The van der Waals surface area contributed by atoms with E-state index in [2.05, 4.69) is 9.61 Å². The molecule has 6 nitrogen and oxygen atoms in total. The highest BCUT2D eigenvalue weighted by atomic mass is 35.5. The minimum absolute atomic E-state index is 0.00495. The van der Waals surface area contributed by atoms with Gasteiger partial charge in [-0.3, -0.25) is 14.9 Å². The minimum Gasteiger partial charge on any atom is -0.383 e. The van der Waals surface area contributed by atoms with Gasteiger partial charge in [-0.25, -0.2) is 0 Å². The molecule has 0 atom stereocenters. The molecule has 0 saturated heterocycles. The summed E-state index contributed by atoms with van der Waals surface area (Å²) in [5.74, 6) is -1.00. The van der Waals surface area contributed by atoms with Gasteiger partial charge in [0.05, 0.1) is 9.95 Å². The molecule has 8 heteroatoms. The van der Waals surface area contributed by atoms with Crippen molar-refractivity contribution < 1.29 is 14.0 Å². The predicted octanol–water partition coefficient (Wildman–Crippen LogP) is 4.34. The zero-order chi connectivity index (χ0) is 16.3. The number of halogens is 2. The van der Waals surface area contributed by atoms with Gasteiger partial charge in [0, 0.05) is 11.8 Å². The lowest BCUT2D eigenvalue weighted by Crippen LogP contribution is -2.15. The second-order valence-corrected chi connectivity index (χ2v) is 4.99. The van der Waals surface area contributed by atoms with Crippen LogP contribution in [0.4, 0.5) is 11.4 Å². The van der Waals surface area contributed by atoms with Crippen LogP contribution in [0.2, 0.25) is 5.02 Å². The number of anilines is 1. The maximum absolute atomic E-state index is 12.3. The van der Waals surface area contributed by atoms with Crippen LogP contribution in [-0.2, 0) is 0 Å². The van der Waals surface area contributed by atoms with Crippen LogP contribution in [0.25, 0.3) is 0 Å². The highest BCUT2D eigenvalue weighted by molar-refractivity contribution is 6.33. The van der Waals surface area contributed by atoms with Crippen molar-refractivity contribution in [3.63, 3.8) is 0 Å². The van der Waals surface area contributed by atoms with E-state index in [0.717, 1.165) is 11.6 Å². The lowest BCUT2D eigenvalue weighted by atomic mass is 10.1. The zero-order valence-corrected chi connectivity index (χ0v) is 12.8. The molecule has 1 N–H and O–H groups in total. The van der Waals surface area contributed by atoms with Gasteiger partial charge in [-0.15, -0.1) is 0 Å². The fraction of sp³-hybridized carbons (Fsp3) is 0.0714. The van der Waals surface area contributed by atoms with Gasteiger partial charge in [0.1, 0.15) is 11.9 Å². The molecule has 0 heterocycles. The van der Waals surface area contributed by atoms with E-state index in [4.69, 9.17) is 23.5 Å². The Morgan fingerprint density at radius 1 is 1.23 bits per heavy atom. The second-order valence-electron chi connectivity index (χ2n) is 4.43. The molecule has 2 aromatic rings. The summed E-state index contributed by atoms with van der Waals surface area (Å²) in [6.45, 7) is 1.90. The smallest absolute Gasteiger partial charge is 0.286 e. The molecule has 0 aliphatic rings. The Morgan fingerprint density at radius 3 is 2.41 bits per heavy atom. The maximum atomic E-state index is 12.3. The van der Waals surface area contributed by atoms with Gasteiger partial charge >= 0.3 is 0 Å². The summed E-state index contributed by atoms with van der Waals surface area (Å²) in [7, 11) is 0. The number of amides is 1. The molecule has 0 aromatic heterocycles. The van der Waals surface area contributed by atoms with E-state index >= 15 is 0 Å². The summed E-state index contributed by atoms with van der Waals surface area (Å²) in [6, 6.07) is 9.28. The van der Waals surface area contributed by atoms with Crippen molar-refractivity contribution in [1.29, 1.82) is 0 Å². The highest BCUT2D eigenvalue weighted by Crippen LogP contribution is 2.36. The third-order valence-corrected chi connectivity index (χ3v) is 3.35. The van der Waals surface area contributed by atoms with Crippen LogP contribution in [0, 0.1) is 17.0 Å². The normalized spacial score (nSPS) is 10.1. The lowest BCUT2D eigenvalue weighted by Gasteiger charge is -2.10. The molecule has 0 radical (unpaired) electrons. The summed E-state index contributed by atoms with van der Waals surface area (Å²) in [5, 5.41) is 13.6. The van der Waals surface area contributed by atoms with Crippen molar-refractivity contribution in [1.82, 2.24) is 0 Å². The summed E-state index contributed by atoms with van der Waals surface area (Å²) in [6.07, 6.45) is 0. The first kappa shape index (κ1) is 16.1. The van der Waals surface area contributed by atoms with Gasteiger partial charge in [-0.05, 0) is 25.1 Å². The number of hydrogen-bond acceptors (Lipinski definition) is 4. The summed E-state index contributed by atoms with van der Waals surface area (Å²) < 4.78 is 4.52. The number of benzene rings is 2. The second kappa shape index (κ2) is 6.64. The molecule has 2 aromatic carbocycles. The molecule has 0 aliphatic heterocycles. The Balaban J connectivity index is 2.45. The van der Waals surface area contributed by atoms with Crippen LogP contribution in [0.3, 0.4) is 0 Å². The average Bonchev–Trinajstić information content (AvgIpc) is 2.48. The van der Waals surface area contributed by atoms with Crippen molar-refractivity contribution in [3.05, 3.63) is 62.7 Å². The first-order valence-electron chi connectivity index (χ1n) is 6.07. The molecule has 22 heavy (non-hydrogen) atoms. The van der Waals surface area contributed by atoms with E-state index in [0.29, 0.717) is 5.69 Å². The van der Waals surface area contributed by atoms with Gasteiger partial charge in [0.2, 0.25) is 0 Å². The molecule has 0 aliphatic carbocycles. The predicted molar refractivity (Wildman–Crippen MR) is 83.7 cm³/mol. The fourth-order valence-corrected chi connectivity index (χ4v) is 2.22. The Morgan fingerprint density at radius 2 is 1.86 bits per heavy atom. The van der Waals surface area contributed by atoms with Gasteiger partial charge in [-0.2, -0.15) is 0 Å². The van der Waals surface area contributed by atoms with E-state index in [1.165, 1.54) is 6.07 Å². The van der Waals surface area contributed by atoms with E-state index in [9.17, 15) is 14.9 Å². The fourth-order valence-electron chi connectivity index (χ4n) is 1.82. The molecular weight excluding hydrogens is 331 g/mol. The number of hydrogen-bond donors (Lipinski definition) is 1. The quantitative estimate of drug-likeness (QED) is 0.662. The molecule has 0 bridgehead atoms. The van der Waals surface area contributed by atoms with E-state index in [-0.39, 0.29) is 16.3 Å². The van der Waals surface area contributed by atoms with Crippen molar-refractivity contribution in [2.24, 2.45) is 0 Å². The van der Waals surface area contributed by atoms with Crippen LogP contribution < -0.4 is 9.61 Å². The van der Waals surface area contributed by atoms with Crippen LogP contribution in [0.5, 0.6) is 5.75 Å². The topological polar surface area (TPSA) is 81.5 Å². The zero-order valence-electron chi connectivity index (χ0n) is 11.3. The van der Waals surface area contributed by atoms with Gasteiger partial charge in [-0.1, -0.05) is 29.3 Å². The van der Waals surface area contributed by atoms with E-state index in [1.807, 2.05) is 6.92 Å². The van der Waals surface area contributed by atoms with Gasteiger partial charge in [0.15, 0.2) is 11.3 Å². The van der Waals surface area contributed by atoms with Crippen LogP contribution >= 0.6 is 23.5 Å². The van der Waals surface area contributed by atoms with Gasteiger partial charge in [0.25, 0.3) is 11.6 Å². The average molecular weight is 341 g/mol. The minimum atomic E-state index is -0.742. The number of aryl methyl sites for hydroxylation is 1. The van der Waals surface area contributed by atoms with Crippen molar-refractivity contribution in [3.8, 4) is 5.75 Å². The Labute approximate surface area is 135 Å². The number of nitrogens with one attached hydrogen (secondary N) is 1. The molecule has 0 spiro atoms. The highest BCUT2D eigenvalue weighted by Gasteiger charge is 2.28. The van der Waals surface area contributed by atoms with Gasteiger partial charge < -0.3 is 9.61 Å². The molecular formula is C14H10Cl2N2O4. The first-order valence-corrected chi connectivity index (χ1v) is 6.76. The number of carbonyl (C=O) groups excluding carboxylic acids is 1. The standard InChI is InChI=1S/C14H10Cl2N2O4/c1-8-2-4-9(5-3-8)17-14(19)12-11(18(20)21)7-6-10(15)13(12)22-16/h2-7H,1H3,(H,17,19). The van der Waals surface area contributed by atoms with Crippen LogP contribution in [0.15, 0.2) is 36.4 Å². The molecule has 0 saturated carbocycles. The molecule has 114 valence electrons. The first-order chi connectivity index (χ1) is 10.4. The summed E-state index contributed by atoms with van der Waals surface area (Å²) >= 11 is 11.2. The molecule has 2 rings (SSSR count). The molecule has 0 fully saturated rings. The maximum Gasteiger partial charge on any atom is 0.286 e. The third kappa shape index (κ3) is 3.29. The summed E-state index contributed by atoms with van der Waals surface area (Å²) in [5.41, 5.74) is 0.694. The number of carbonyl (C=O) groups is 1. The van der Waals surface area contributed by atoms with E-state index < -0.39 is 16.5 Å². The lowest BCUT2D eigenvalue weighted by molar-refractivity contribution is -0.385. The Bertz CT molecular complexity index is 732. The van der Waals surface area contributed by atoms with Crippen LogP contribution in [-0.4, -0.2) is 10.8 Å². The SMILES string of the molecule is Cc1ccc(NC(=O)c2c([N+](=O)[O-])ccc(Cl)c2OCl)cc1. The molecule has 0 unspecified atom stereocenters. The van der Waals surface area contributed by atoms with Crippen molar-refractivity contribution in [2.75, 3.05) is 5.32 Å². The van der Waals surface area contributed by atoms with Crippen molar-refractivity contribution >= 4 is 40.7 Å². The number of nitro benzene ring substituents is 1. The monoisotopic (exact) mass is 340 g/mol. The third-order valence-electron chi connectivity index (χ3n) is 2.90. The Kier molecular flexibility index (Phi) is 4.85. The van der Waals surface area contributed by atoms with E-state index in [1.54, 1.807) is 24.3 Å².